The molecule has 1 fully saturated rings. The van der Waals surface area contributed by atoms with E-state index in [-0.39, 0.29) is 29.5 Å². The Labute approximate surface area is 212 Å². The van der Waals surface area contributed by atoms with Gasteiger partial charge in [-0.1, -0.05) is 11.6 Å². The molecule has 4 rings (SSSR count). The summed E-state index contributed by atoms with van der Waals surface area (Å²) in [6.07, 6.45) is 1.00. The van der Waals surface area contributed by atoms with Gasteiger partial charge in [0.05, 0.1) is 16.3 Å². The summed E-state index contributed by atoms with van der Waals surface area (Å²) in [5, 5.41) is 9.31. The van der Waals surface area contributed by atoms with Gasteiger partial charge in [0.2, 0.25) is 0 Å². The summed E-state index contributed by atoms with van der Waals surface area (Å²) in [5.41, 5.74) is 2.46. The second kappa shape index (κ2) is 10.8. The summed E-state index contributed by atoms with van der Waals surface area (Å²) in [6.45, 7) is 0.586. The van der Waals surface area contributed by atoms with Crippen molar-refractivity contribution < 1.29 is 27.2 Å². The number of hydrogen-bond acceptors (Lipinski definition) is 5. The van der Waals surface area contributed by atoms with E-state index in [2.05, 4.69) is 0 Å². The number of carbonyl (C=O) groups excluding carboxylic acids is 1. The number of sulfonamides is 1. The zero-order chi connectivity index (χ0) is 25.9. The van der Waals surface area contributed by atoms with Gasteiger partial charge in [-0.25, -0.2) is 17.2 Å². The van der Waals surface area contributed by atoms with Gasteiger partial charge >= 0.3 is 0 Å². The lowest BCUT2D eigenvalue weighted by atomic mass is 10.1. The maximum absolute atomic E-state index is 14.9. The Kier molecular flexibility index (Phi) is 7.77. The number of hydrogen-bond donors (Lipinski definition) is 2. The van der Waals surface area contributed by atoms with Crippen LogP contribution in [0.5, 0.6) is 0 Å². The molecule has 1 aliphatic rings. The SMILES string of the molecule is O=C(c1ccc(NO)cc1)N1CCCC(N(c2cc(F)ccc2F)S(=O)(=O)c2ccc(Cl)cc2)CC1. The maximum Gasteiger partial charge on any atom is 0.264 e. The number of nitrogens with zero attached hydrogens (tertiary/aromatic N) is 2. The van der Waals surface area contributed by atoms with E-state index in [9.17, 15) is 22.0 Å². The molecule has 1 unspecified atom stereocenters. The summed E-state index contributed by atoms with van der Waals surface area (Å²) >= 11 is 5.92. The van der Waals surface area contributed by atoms with E-state index < -0.39 is 27.7 Å². The lowest BCUT2D eigenvalue weighted by Crippen LogP contribution is -2.42. The Morgan fingerprint density at radius 2 is 1.69 bits per heavy atom. The van der Waals surface area contributed by atoms with Gasteiger partial charge in [0, 0.05) is 35.8 Å². The van der Waals surface area contributed by atoms with Crippen molar-refractivity contribution >= 4 is 38.9 Å². The van der Waals surface area contributed by atoms with Crippen LogP contribution in [0.4, 0.5) is 20.2 Å². The second-order valence-corrected chi connectivity index (χ2v) is 10.7. The highest BCUT2D eigenvalue weighted by atomic mass is 35.5. The van der Waals surface area contributed by atoms with E-state index in [0.29, 0.717) is 35.7 Å². The van der Waals surface area contributed by atoms with Gasteiger partial charge in [0.25, 0.3) is 15.9 Å². The van der Waals surface area contributed by atoms with Crippen LogP contribution in [0.25, 0.3) is 0 Å². The van der Waals surface area contributed by atoms with Crippen LogP contribution in [0.2, 0.25) is 5.02 Å². The molecule has 2 N–H and O–H groups in total. The maximum atomic E-state index is 14.9. The molecule has 11 heteroatoms. The molecule has 1 saturated heterocycles. The highest BCUT2D eigenvalue weighted by Gasteiger charge is 2.35. The fraction of sp³-hybridized carbons (Fsp3) is 0.240. The molecule has 3 aromatic rings. The van der Waals surface area contributed by atoms with E-state index in [4.69, 9.17) is 16.8 Å². The topological polar surface area (TPSA) is 89.9 Å². The number of amides is 1. The molecule has 0 saturated carbocycles. The number of likely N-dealkylation sites (tertiary alicyclic amines) is 1. The molecule has 1 heterocycles. The highest BCUT2D eigenvalue weighted by Crippen LogP contribution is 2.33. The van der Waals surface area contributed by atoms with Gasteiger partial charge in [0.15, 0.2) is 0 Å². The Morgan fingerprint density at radius 1 is 1.00 bits per heavy atom. The average molecular weight is 536 g/mol. The molecule has 1 amide bonds. The molecule has 190 valence electrons. The van der Waals surface area contributed by atoms with E-state index in [0.717, 1.165) is 22.5 Å². The smallest absolute Gasteiger partial charge is 0.264 e. The van der Waals surface area contributed by atoms with E-state index >= 15 is 0 Å². The monoisotopic (exact) mass is 535 g/mol. The first kappa shape index (κ1) is 25.9. The molecular formula is C25H24ClF2N3O4S. The molecule has 0 bridgehead atoms. The summed E-state index contributed by atoms with van der Waals surface area (Å²) in [6, 6.07) is 13.7. The average Bonchev–Trinajstić information content (AvgIpc) is 3.12. The van der Waals surface area contributed by atoms with Crippen LogP contribution in [0.3, 0.4) is 0 Å². The Morgan fingerprint density at radius 3 is 2.36 bits per heavy atom. The standard InChI is InChI=1S/C25H24ClF2N3O4S/c26-18-5-10-22(11-6-18)36(34,35)31(24-16-19(27)7-12-23(24)28)21-2-1-14-30(15-13-21)25(32)17-3-8-20(29-33)9-4-17/h3-12,16,21,29,33H,1-2,13-15H2. The zero-order valence-corrected chi connectivity index (χ0v) is 20.6. The van der Waals surface area contributed by atoms with Crippen molar-refractivity contribution in [3.63, 3.8) is 0 Å². The van der Waals surface area contributed by atoms with Crippen molar-refractivity contribution in [2.45, 2.75) is 30.2 Å². The molecule has 0 radical (unpaired) electrons. The normalized spacial score (nSPS) is 16.3. The van der Waals surface area contributed by atoms with E-state index in [1.54, 1.807) is 29.2 Å². The van der Waals surface area contributed by atoms with Crippen molar-refractivity contribution in [1.82, 2.24) is 4.90 Å². The highest BCUT2D eigenvalue weighted by molar-refractivity contribution is 7.92. The molecule has 0 aromatic heterocycles. The van der Waals surface area contributed by atoms with Crippen LogP contribution in [0, 0.1) is 11.6 Å². The van der Waals surface area contributed by atoms with E-state index in [1.807, 2.05) is 5.48 Å². The summed E-state index contributed by atoms with van der Waals surface area (Å²) < 4.78 is 57.4. The Balaban J connectivity index is 1.65. The number of carbonyl (C=O) groups is 1. The van der Waals surface area contributed by atoms with Gasteiger partial charge in [-0.05, 0) is 79.9 Å². The van der Waals surface area contributed by atoms with Crippen LogP contribution in [-0.4, -0.2) is 43.6 Å². The number of benzene rings is 3. The van der Waals surface area contributed by atoms with Gasteiger partial charge in [-0.2, -0.15) is 0 Å². The molecule has 0 aliphatic carbocycles. The largest absolute Gasteiger partial charge is 0.339 e. The number of halogens is 3. The van der Waals surface area contributed by atoms with Crippen LogP contribution < -0.4 is 9.79 Å². The Hall–Kier alpha value is -3.21. The molecule has 1 aliphatic heterocycles. The third kappa shape index (κ3) is 5.45. The minimum absolute atomic E-state index is 0.106. The van der Waals surface area contributed by atoms with Crippen LogP contribution in [0.1, 0.15) is 29.6 Å². The first-order chi connectivity index (χ1) is 17.2. The number of anilines is 2. The van der Waals surface area contributed by atoms with Gasteiger partial charge < -0.3 is 4.90 Å². The zero-order valence-electron chi connectivity index (χ0n) is 19.1. The fourth-order valence-corrected chi connectivity index (χ4v) is 6.12. The fourth-order valence-electron chi connectivity index (χ4n) is 4.28. The van der Waals surface area contributed by atoms with Crippen LogP contribution >= 0.6 is 11.6 Å². The molecule has 3 aromatic carbocycles. The molecule has 0 spiro atoms. The molecular weight excluding hydrogens is 512 g/mol. The minimum Gasteiger partial charge on any atom is -0.339 e. The van der Waals surface area contributed by atoms with Gasteiger partial charge in [-0.3, -0.25) is 19.8 Å². The number of nitrogens with one attached hydrogen (secondary N) is 1. The number of rotatable bonds is 6. The predicted molar refractivity (Wildman–Crippen MR) is 133 cm³/mol. The van der Waals surface area contributed by atoms with Crippen LogP contribution in [-0.2, 0) is 10.0 Å². The minimum atomic E-state index is -4.29. The summed E-state index contributed by atoms with van der Waals surface area (Å²) in [7, 11) is -4.29. The predicted octanol–water partition coefficient (Wildman–Crippen LogP) is 5.31. The second-order valence-electron chi connectivity index (χ2n) is 8.42. The van der Waals surface area contributed by atoms with Crippen molar-refractivity contribution in [2.24, 2.45) is 0 Å². The lowest BCUT2D eigenvalue weighted by Gasteiger charge is -2.32. The molecule has 7 nitrogen and oxygen atoms in total. The molecule has 36 heavy (non-hydrogen) atoms. The first-order valence-corrected chi connectivity index (χ1v) is 13.1. The van der Waals surface area contributed by atoms with E-state index in [1.165, 1.54) is 24.3 Å². The van der Waals surface area contributed by atoms with Gasteiger partial charge in [-0.15, -0.1) is 0 Å². The third-order valence-corrected chi connectivity index (χ3v) is 8.23. The van der Waals surface area contributed by atoms with Crippen molar-refractivity contribution in [3.05, 3.63) is 89.0 Å². The van der Waals surface area contributed by atoms with Crippen molar-refractivity contribution in [1.29, 1.82) is 0 Å². The quantitative estimate of drug-likeness (QED) is 0.418. The van der Waals surface area contributed by atoms with Gasteiger partial charge in [0.1, 0.15) is 11.6 Å². The lowest BCUT2D eigenvalue weighted by molar-refractivity contribution is 0.0761. The Bertz CT molecular complexity index is 1340. The first-order valence-electron chi connectivity index (χ1n) is 11.2. The summed E-state index contributed by atoms with van der Waals surface area (Å²) in [5.74, 6) is -1.89. The van der Waals surface area contributed by atoms with Crippen LogP contribution in [0.15, 0.2) is 71.6 Å². The van der Waals surface area contributed by atoms with Crippen molar-refractivity contribution in [3.8, 4) is 0 Å². The van der Waals surface area contributed by atoms with Crippen molar-refractivity contribution in [2.75, 3.05) is 22.9 Å². The molecule has 1 atom stereocenters. The third-order valence-electron chi connectivity index (χ3n) is 6.09. The summed E-state index contributed by atoms with van der Waals surface area (Å²) in [4.78, 5) is 14.5.